The van der Waals surface area contributed by atoms with Gasteiger partial charge in [0.2, 0.25) is 5.91 Å². The highest BCUT2D eigenvalue weighted by atomic mass is 16.1. The summed E-state index contributed by atoms with van der Waals surface area (Å²) in [5, 5.41) is 5.61. The molecule has 0 saturated heterocycles. The summed E-state index contributed by atoms with van der Waals surface area (Å²) in [6.45, 7) is 1.24. The van der Waals surface area contributed by atoms with Crippen LogP contribution in [-0.2, 0) is 4.79 Å². The molecule has 0 aromatic rings. The Bertz CT molecular complexity index is 201. The maximum absolute atomic E-state index is 10.9. The van der Waals surface area contributed by atoms with Crippen molar-refractivity contribution in [2.24, 2.45) is 4.99 Å². The number of carbonyl (C=O) groups excluding carboxylic acids is 1. The molecule has 4 heteroatoms. The standard InChI is InChI=1S/C9H17N3O/c1-10-9(13)7-12-8-5-3-2-4-6-11-8/h2-7H2,1H3,(H,10,13)(H,11,12). The fourth-order valence-corrected chi connectivity index (χ4v) is 1.29. The predicted molar refractivity (Wildman–Crippen MR) is 52.8 cm³/mol. The molecule has 0 aromatic carbocycles. The fraction of sp³-hybridized carbons (Fsp3) is 0.778. The SMILES string of the molecule is CNC(=O)CNC1=NCCCCC1. The Hall–Kier alpha value is -1.06. The van der Waals surface area contributed by atoms with E-state index in [1.165, 1.54) is 19.3 Å². The van der Waals surface area contributed by atoms with E-state index in [9.17, 15) is 4.79 Å². The molecule has 4 nitrogen and oxygen atoms in total. The lowest BCUT2D eigenvalue weighted by molar-refractivity contribution is -0.119. The molecule has 0 bridgehead atoms. The quantitative estimate of drug-likeness (QED) is 0.646. The molecule has 0 radical (unpaired) electrons. The average molecular weight is 183 g/mol. The van der Waals surface area contributed by atoms with Gasteiger partial charge in [0.25, 0.3) is 0 Å². The number of amides is 1. The van der Waals surface area contributed by atoms with E-state index in [1.807, 2.05) is 0 Å². The third kappa shape index (κ3) is 3.92. The molecule has 0 aromatic heterocycles. The smallest absolute Gasteiger partial charge is 0.239 e. The summed E-state index contributed by atoms with van der Waals surface area (Å²) >= 11 is 0. The molecule has 1 aliphatic heterocycles. The van der Waals surface area contributed by atoms with Gasteiger partial charge in [0.05, 0.1) is 12.4 Å². The van der Waals surface area contributed by atoms with E-state index < -0.39 is 0 Å². The Morgan fingerprint density at radius 1 is 1.46 bits per heavy atom. The van der Waals surface area contributed by atoms with Gasteiger partial charge in [0.15, 0.2) is 0 Å². The molecular formula is C9H17N3O. The first-order chi connectivity index (χ1) is 6.33. The van der Waals surface area contributed by atoms with Crippen molar-refractivity contribution in [3.8, 4) is 0 Å². The molecule has 0 fully saturated rings. The lowest BCUT2D eigenvalue weighted by Crippen LogP contribution is -2.35. The van der Waals surface area contributed by atoms with Crippen LogP contribution in [0, 0.1) is 0 Å². The van der Waals surface area contributed by atoms with Gasteiger partial charge >= 0.3 is 0 Å². The molecule has 2 N–H and O–H groups in total. The van der Waals surface area contributed by atoms with Crippen molar-refractivity contribution in [1.82, 2.24) is 10.6 Å². The number of nitrogens with zero attached hydrogens (tertiary/aromatic N) is 1. The van der Waals surface area contributed by atoms with Crippen molar-refractivity contribution in [2.75, 3.05) is 20.1 Å². The van der Waals surface area contributed by atoms with E-state index in [0.717, 1.165) is 18.8 Å². The number of hydrogen-bond acceptors (Lipinski definition) is 3. The van der Waals surface area contributed by atoms with Crippen molar-refractivity contribution in [2.45, 2.75) is 25.7 Å². The Morgan fingerprint density at radius 2 is 2.31 bits per heavy atom. The molecule has 0 saturated carbocycles. The van der Waals surface area contributed by atoms with E-state index >= 15 is 0 Å². The molecule has 1 heterocycles. The highest BCUT2D eigenvalue weighted by Crippen LogP contribution is 2.05. The molecule has 1 aliphatic rings. The zero-order valence-electron chi connectivity index (χ0n) is 8.10. The van der Waals surface area contributed by atoms with E-state index in [-0.39, 0.29) is 5.91 Å². The summed E-state index contributed by atoms with van der Waals surface area (Å²) in [6.07, 6.45) is 4.58. The summed E-state index contributed by atoms with van der Waals surface area (Å²) in [5.74, 6) is 0.994. The molecule has 1 rings (SSSR count). The van der Waals surface area contributed by atoms with Crippen LogP contribution in [0.5, 0.6) is 0 Å². The summed E-state index contributed by atoms with van der Waals surface area (Å²) in [4.78, 5) is 15.3. The van der Waals surface area contributed by atoms with Gasteiger partial charge in [-0.3, -0.25) is 9.79 Å². The van der Waals surface area contributed by atoms with Crippen LogP contribution in [0.4, 0.5) is 0 Å². The van der Waals surface area contributed by atoms with Gasteiger partial charge in [0.1, 0.15) is 0 Å². The van der Waals surface area contributed by atoms with Crippen LogP contribution in [-0.4, -0.2) is 31.9 Å². The second kappa shape index (κ2) is 5.56. The molecule has 74 valence electrons. The van der Waals surface area contributed by atoms with Crippen molar-refractivity contribution in [3.63, 3.8) is 0 Å². The Morgan fingerprint density at radius 3 is 3.08 bits per heavy atom. The van der Waals surface area contributed by atoms with Gasteiger partial charge in [-0.1, -0.05) is 6.42 Å². The number of hydrogen-bond donors (Lipinski definition) is 2. The number of rotatable bonds is 2. The number of carbonyl (C=O) groups is 1. The summed E-state index contributed by atoms with van der Waals surface area (Å²) < 4.78 is 0. The van der Waals surface area contributed by atoms with Gasteiger partial charge in [-0.15, -0.1) is 0 Å². The fourth-order valence-electron chi connectivity index (χ4n) is 1.29. The zero-order chi connectivity index (χ0) is 9.52. The highest BCUT2D eigenvalue weighted by molar-refractivity contribution is 5.87. The summed E-state index contributed by atoms with van der Waals surface area (Å²) in [5.41, 5.74) is 0. The molecule has 0 atom stereocenters. The van der Waals surface area contributed by atoms with Crippen LogP contribution >= 0.6 is 0 Å². The lowest BCUT2D eigenvalue weighted by Gasteiger charge is -2.06. The minimum absolute atomic E-state index is 0.00643. The molecule has 13 heavy (non-hydrogen) atoms. The Kier molecular flexibility index (Phi) is 4.29. The van der Waals surface area contributed by atoms with Crippen LogP contribution in [0.3, 0.4) is 0 Å². The van der Waals surface area contributed by atoms with Gasteiger partial charge in [-0.05, 0) is 12.8 Å². The number of aliphatic imine (C=N–C) groups is 1. The van der Waals surface area contributed by atoms with Crippen molar-refractivity contribution in [3.05, 3.63) is 0 Å². The first kappa shape index (κ1) is 10.0. The van der Waals surface area contributed by atoms with Gasteiger partial charge in [0, 0.05) is 20.0 Å². The largest absolute Gasteiger partial charge is 0.365 e. The van der Waals surface area contributed by atoms with Crippen molar-refractivity contribution >= 4 is 11.7 Å². The maximum Gasteiger partial charge on any atom is 0.239 e. The average Bonchev–Trinajstić information content (AvgIpc) is 2.42. The second-order valence-corrected chi connectivity index (χ2v) is 3.17. The van der Waals surface area contributed by atoms with Crippen LogP contribution in [0.15, 0.2) is 4.99 Å². The first-order valence-electron chi connectivity index (χ1n) is 4.80. The molecule has 0 unspecified atom stereocenters. The summed E-state index contributed by atoms with van der Waals surface area (Å²) in [7, 11) is 1.64. The Balaban J connectivity index is 2.26. The number of amidine groups is 1. The zero-order valence-corrected chi connectivity index (χ0v) is 8.10. The second-order valence-electron chi connectivity index (χ2n) is 3.17. The molecule has 1 amide bonds. The first-order valence-corrected chi connectivity index (χ1v) is 4.80. The summed E-state index contributed by atoms with van der Waals surface area (Å²) in [6, 6.07) is 0. The van der Waals surface area contributed by atoms with Crippen LogP contribution in [0.25, 0.3) is 0 Å². The lowest BCUT2D eigenvalue weighted by atomic mass is 10.2. The monoisotopic (exact) mass is 183 g/mol. The van der Waals surface area contributed by atoms with E-state index in [1.54, 1.807) is 7.05 Å². The van der Waals surface area contributed by atoms with Gasteiger partial charge < -0.3 is 10.6 Å². The van der Waals surface area contributed by atoms with Crippen LogP contribution < -0.4 is 10.6 Å². The number of likely N-dealkylation sites (N-methyl/N-ethyl adjacent to an activating group) is 1. The minimum atomic E-state index is 0.00643. The molecule has 0 spiro atoms. The third-order valence-electron chi connectivity index (χ3n) is 2.11. The minimum Gasteiger partial charge on any atom is -0.365 e. The third-order valence-corrected chi connectivity index (χ3v) is 2.11. The molecular weight excluding hydrogens is 166 g/mol. The normalized spacial score (nSPS) is 17.2. The van der Waals surface area contributed by atoms with E-state index in [4.69, 9.17) is 0 Å². The van der Waals surface area contributed by atoms with Crippen LogP contribution in [0.1, 0.15) is 25.7 Å². The topological polar surface area (TPSA) is 53.5 Å². The van der Waals surface area contributed by atoms with Crippen molar-refractivity contribution < 1.29 is 4.79 Å². The van der Waals surface area contributed by atoms with Gasteiger partial charge in [-0.25, -0.2) is 0 Å². The van der Waals surface area contributed by atoms with E-state index in [2.05, 4.69) is 15.6 Å². The highest BCUT2D eigenvalue weighted by Gasteiger charge is 2.04. The van der Waals surface area contributed by atoms with Gasteiger partial charge in [-0.2, -0.15) is 0 Å². The number of nitrogens with one attached hydrogen (secondary N) is 2. The predicted octanol–water partition coefficient (Wildman–Crippen LogP) is 0.294. The van der Waals surface area contributed by atoms with Crippen LogP contribution in [0.2, 0.25) is 0 Å². The molecule has 0 aliphatic carbocycles. The van der Waals surface area contributed by atoms with E-state index in [0.29, 0.717) is 6.54 Å². The Labute approximate surface area is 78.8 Å². The van der Waals surface area contributed by atoms with Crippen molar-refractivity contribution in [1.29, 1.82) is 0 Å². The maximum atomic E-state index is 10.9.